The lowest BCUT2D eigenvalue weighted by Crippen LogP contribution is -2.29. The van der Waals surface area contributed by atoms with Gasteiger partial charge in [-0.3, -0.25) is 0 Å². The predicted octanol–water partition coefficient (Wildman–Crippen LogP) is 1.09. The number of benzene rings is 2. The smallest absolute Gasteiger partial charge is 0.488 e. The van der Waals surface area contributed by atoms with Crippen LogP contribution >= 0.6 is 0 Å². The molecule has 0 aliphatic heterocycles. The number of hydrogen-bond acceptors (Lipinski definition) is 4. The molecule has 0 aliphatic carbocycles. The summed E-state index contributed by atoms with van der Waals surface area (Å²) in [6, 6.07) is 14.7. The minimum Gasteiger partial charge on any atom is -0.497 e. The summed E-state index contributed by atoms with van der Waals surface area (Å²) in [5.41, 5.74) is 2.54. The molecule has 104 valence electrons. The van der Waals surface area contributed by atoms with Crippen LogP contribution in [0, 0.1) is 0 Å². The van der Waals surface area contributed by atoms with Gasteiger partial charge in [-0.25, -0.2) is 0 Å². The van der Waals surface area contributed by atoms with E-state index in [4.69, 9.17) is 19.5 Å². The summed E-state index contributed by atoms with van der Waals surface area (Å²) in [5, 5.41) is 18.0. The lowest BCUT2D eigenvalue weighted by molar-refractivity contribution is 0.107. The van der Waals surface area contributed by atoms with E-state index in [0.29, 0.717) is 18.7 Å². The first-order valence-corrected chi connectivity index (χ1v) is 6.34. The molecular formula is C15H17BO4. The molecule has 2 aromatic rings. The van der Waals surface area contributed by atoms with Gasteiger partial charge in [-0.1, -0.05) is 36.4 Å². The summed E-state index contributed by atoms with van der Waals surface area (Å²) >= 11 is 0. The van der Waals surface area contributed by atoms with E-state index in [-0.39, 0.29) is 0 Å². The van der Waals surface area contributed by atoms with Crippen molar-refractivity contribution in [2.24, 2.45) is 0 Å². The van der Waals surface area contributed by atoms with E-state index < -0.39 is 7.12 Å². The SMILES string of the molecule is COc1ccc(COCc2ccc(B(O)O)cc2)cc1. The highest BCUT2D eigenvalue weighted by Gasteiger charge is 2.09. The van der Waals surface area contributed by atoms with Crippen LogP contribution in [0.4, 0.5) is 0 Å². The second-order valence-corrected chi connectivity index (χ2v) is 4.46. The van der Waals surface area contributed by atoms with Gasteiger partial charge in [-0.2, -0.15) is 0 Å². The lowest BCUT2D eigenvalue weighted by Gasteiger charge is -2.06. The molecule has 0 spiro atoms. The quantitative estimate of drug-likeness (QED) is 0.773. The molecule has 0 fully saturated rings. The van der Waals surface area contributed by atoms with E-state index in [0.717, 1.165) is 16.9 Å². The van der Waals surface area contributed by atoms with Crippen molar-refractivity contribution in [3.05, 3.63) is 59.7 Å². The number of methoxy groups -OCH3 is 1. The third-order valence-corrected chi connectivity index (χ3v) is 2.97. The van der Waals surface area contributed by atoms with Crippen LogP contribution in [0.1, 0.15) is 11.1 Å². The lowest BCUT2D eigenvalue weighted by atomic mass is 9.80. The Morgan fingerprint density at radius 3 is 1.80 bits per heavy atom. The van der Waals surface area contributed by atoms with Gasteiger partial charge in [0.2, 0.25) is 0 Å². The van der Waals surface area contributed by atoms with E-state index >= 15 is 0 Å². The molecule has 0 saturated heterocycles. The second kappa shape index (κ2) is 7.10. The number of ether oxygens (including phenoxy) is 2. The Morgan fingerprint density at radius 2 is 1.35 bits per heavy atom. The third-order valence-electron chi connectivity index (χ3n) is 2.97. The van der Waals surface area contributed by atoms with Crippen LogP contribution in [-0.2, 0) is 18.0 Å². The first kappa shape index (κ1) is 14.6. The largest absolute Gasteiger partial charge is 0.497 e. The first-order valence-electron chi connectivity index (χ1n) is 6.34. The fraction of sp³-hybridized carbons (Fsp3) is 0.200. The summed E-state index contributed by atoms with van der Waals surface area (Å²) in [6.45, 7) is 1.00. The molecule has 5 heteroatoms. The molecule has 2 aromatic carbocycles. The zero-order valence-corrected chi connectivity index (χ0v) is 11.3. The Bertz CT molecular complexity index is 523. The molecule has 0 amide bonds. The molecule has 0 aromatic heterocycles. The molecule has 2 N–H and O–H groups in total. The fourth-order valence-electron chi connectivity index (χ4n) is 1.79. The van der Waals surface area contributed by atoms with Gasteiger partial charge in [0.1, 0.15) is 5.75 Å². The average molecular weight is 272 g/mol. The van der Waals surface area contributed by atoms with E-state index in [1.165, 1.54) is 0 Å². The molecule has 0 heterocycles. The van der Waals surface area contributed by atoms with Crippen LogP contribution < -0.4 is 10.2 Å². The number of hydrogen-bond donors (Lipinski definition) is 2. The molecule has 0 radical (unpaired) electrons. The van der Waals surface area contributed by atoms with Crippen molar-refractivity contribution in [3.63, 3.8) is 0 Å². The van der Waals surface area contributed by atoms with Crippen LogP contribution in [0.3, 0.4) is 0 Å². The summed E-state index contributed by atoms with van der Waals surface area (Å²) in [7, 11) is 0.211. The summed E-state index contributed by atoms with van der Waals surface area (Å²) in [5.74, 6) is 0.826. The van der Waals surface area contributed by atoms with E-state index in [1.807, 2.05) is 36.4 Å². The summed E-state index contributed by atoms with van der Waals surface area (Å²) in [4.78, 5) is 0. The van der Waals surface area contributed by atoms with Gasteiger partial charge in [0.15, 0.2) is 0 Å². The molecular weight excluding hydrogens is 255 g/mol. The monoisotopic (exact) mass is 272 g/mol. The van der Waals surface area contributed by atoms with Crippen LogP contribution in [-0.4, -0.2) is 24.3 Å². The molecule has 2 rings (SSSR count). The van der Waals surface area contributed by atoms with E-state index in [9.17, 15) is 0 Å². The predicted molar refractivity (Wildman–Crippen MR) is 77.8 cm³/mol. The maximum atomic E-state index is 9.00. The number of rotatable bonds is 6. The second-order valence-electron chi connectivity index (χ2n) is 4.46. The topological polar surface area (TPSA) is 58.9 Å². The van der Waals surface area contributed by atoms with Gasteiger partial charge < -0.3 is 19.5 Å². The maximum Gasteiger partial charge on any atom is 0.488 e. The van der Waals surface area contributed by atoms with Gasteiger partial charge in [0.25, 0.3) is 0 Å². The minimum atomic E-state index is -1.43. The third kappa shape index (κ3) is 4.10. The van der Waals surface area contributed by atoms with Crippen LogP contribution in [0.15, 0.2) is 48.5 Å². The average Bonchev–Trinajstić information content (AvgIpc) is 2.48. The maximum absolute atomic E-state index is 9.00. The van der Waals surface area contributed by atoms with Gasteiger partial charge in [0.05, 0.1) is 20.3 Å². The van der Waals surface area contributed by atoms with Crippen LogP contribution in [0.2, 0.25) is 0 Å². The van der Waals surface area contributed by atoms with Gasteiger partial charge in [0, 0.05) is 0 Å². The summed E-state index contributed by atoms with van der Waals surface area (Å²) in [6.07, 6.45) is 0. The highest BCUT2D eigenvalue weighted by atomic mass is 16.5. The zero-order chi connectivity index (χ0) is 14.4. The molecule has 0 aliphatic rings. The molecule has 0 unspecified atom stereocenters. The van der Waals surface area contributed by atoms with Gasteiger partial charge >= 0.3 is 7.12 Å². The first-order chi connectivity index (χ1) is 9.69. The van der Waals surface area contributed by atoms with Crippen molar-refractivity contribution in [2.75, 3.05) is 7.11 Å². The Hall–Kier alpha value is -1.82. The fourth-order valence-corrected chi connectivity index (χ4v) is 1.79. The molecule has 4 nitrogen and oxygen atoms in total. The Morgan fingerprint density at radius 1 is 0.850 bits per heavy atom. The van der Waals surface area contributed by atoms with Gasteiger partial charge in [-0.15, -0.1) is 0 Å². The zero-order valence-electron chi connectivity index (χ0n) is 11.3. The van der Waals surface area contributed by atoms with Gasteiger partial charge in [-0.05, 0) is 28.7 Å². The standard InChI is InChI=1S/C15H17BO4/c1-19-15-8-4-13(5-9-15)11-20-10-12-2-6-14(7-3-12)16(17)18/h2-9,17-18H,10-11H2,1H3. The molecule has 0 saturated carbocycles. The Labute approximate surface area is 118 Å². The molecule has 20 heavy (non-hydrogen) atoms. The minimum absolute atomic E-state index is 0.476. The van der Waals surface area contributed by atoms with Crippen molar-refractivity contribution in [2.45, 2.75) is 13.2 Å². The molecule has 0 atom stereocenters. The van der Waals surface area contributed by atoms with Crippen molar-refractivity contribution in [1.29, 1.82) is 0 Å². The highest BCUT2D eigenvalue weighted by Crippen LogP contribution is 2.12. The van der Waals surface area contributed by atoms with Crippen molar-refractivity contribution in [1.82, 2.24) is 0 Å². The van der Waals surface area contributed by atoms with E-state index in [1.54, 1.807) is 19.2 Å². The van der Waals surface area contributed by atoms with Crippen molar-refractivity contribution < 1.29 is 19.5 Å². The normalized spacial score (nSPS) is 10.3. The van der Waals surface area contributed by atoms with E-state index in [2.05, 4.69) is 0 Å². The molecule has 0 bridgehead atoms. The van der Waals surface area contributed by atoms with Crippen molar-refractivity contribution >= 4 is 12.6 Å². The van der Waals surface area contributed by atoms with Crippen LogP contribution in [0.5, 0.6) is 5.75 Å². The van der Waals surface area contributed by atoms with Crippen LogP contribution in [0.25, 0.3) is 0 Å². The van der Waals surface area contributed by atoms with Crippen molar-refractivity contribution in [3.8, 4) is 5.75 Å². The summed E-state index contributed by atoms with van der Waals surface area (Å²) < 4.78 is 10.7. The highest BCUT2D eigenvalue weighted by molar-refractivity contribution is 6.58. The Balaban J connectivity index is 1.82. The Kier molecular flexibility index (Phi) is 5.18.